The topological polar surface area (TPSA) is 35.5 Å². The van der Waals surface area contributed by atoms with E-state index in [9.17, 15) is 5.11 Å². The van der Waals surface area contributed by atoms with Crippen LogP contribution in [0, 0.1) is 11.3 Å². The van der Waals surface area contributed by atoms with Crippen LogP contribution in [0.4, 0.5) is 0 Å². The second-order valence-corrected chi connectivity index (χ2v) is 7.06. The fourth-order valence-electron chi connectivity index (χ4n) is 3.15. The molecule has 0 saturated carbocycles. The van der Waals surface area contributed by atoms with Gasteiger partial charge in [-0.3, -0.25) is 0 Å². The van der Waals surface area contributed by atoms with E-state index in [0.717, 1.165) is 44.9 Å². The predicted octanol–water partition coefficient (Wildman–Crippen LogP) is 1.47. The summed E-state index contributed by atoms with van der Waals surface area (Å²) in [4.78, 5) is 2.47. The molecule has 0 radical (unpaired) electrons. The largest absolute Gasteiger partial charge is 0.388 e. The molecule has 3 heteroatoms. The number of rotatable bonds is 2. The summed E-state index contributed by atoms with van der Waals surface area (Å²) in [5, 5.41) is 13.9. The number of nitrogens with zero attached hydrogens (tertiary/aromatic N) is 1. The summed E-state index contributed by atoms with van der Waals surface area (Å²) < 4.78 is 0. The highest BCUT2D eigenvalue weighted by molar-refractivity contribution is 4.91. The first-order chi connectivity index (χ1) is 7.89. The first kappa shape index (κ1) is 13.3. The lowest BCUT2D eigenvalue weighted by molar-refractivity contribution is -0.0175. The average Bonchev–Trinajstić information content (AvgIpc) is 2.66. The smallest absolute Gasteiger partial charge is 0.0798 e. The van der Waals surface area contributed by atoms with Crippen molar-refractivity contribution in [3.63, 3.8) is 0 Å². The number of hydrogen-bond donors (Lipinski definition) is 2. The summed E-state index contributed by atoms with van der Waals surface area (Å²) in [5.41, 5.74) is -0.0243. The number of nitrogens with one attached hydrogen (secondary N) is 1. The van der Waals surface area contributed by atoms with Gasteiger partial charge in [0.05, 0.1) is 5.60 Å². The van der Waals surface area contributed by atoms with Crippen molar-refractivity contribution in [3.8, 4) is 0 Å². The number of piperidine rings is 1. The van der Waals surface area contributed by atoms with Crippen LogP contribution in [0.2, 0.25) is 0 Å². The molecule has 0 bridgehead atoms. The highest BCUT2D eigenvalue weighted by Gasteiger charge is 2.36. The van der Waals surface area contributed by atoms with Gasteiger partial charge in [0, 0.05) is 13.1 Å². The quantitative estimate of drug-likeness (QED) is 0.767. The van der Waals surface area contributed by atoms with E-state index in [1.54, 1.807) is 0 Å². The van der Waals surface area contributed by atoms with Gasteiger partial charge in [0.1, 0.15) is 0 Å². The number of likely N-dealkylation sites (tertiary alicyclic amines) is 1. The fraction of sp³-hybridized carbons (Fsp3) is 1.00. The van der Waals surface area contributed by atoms with E-state index < -0.39 is 5.60 Å². The fourth-order valence-corrected chi connectivity index (χ4v) is 3.15. The Bertz CT molecular complexity index is 253. The molecule has 1 unspecified atom stereocenters. The molecule has 1 atom stereocenters. The van der Waals surface area contributed by atoms with E-state index in [0.29, 0.717) is 5.41 Å². The predicted molar refractivity (Wildman–Crippen MR) is 71.1 cm³/mol. The third-order valence-corrected chi connectivity index (χ3v) is 4.55. The first-order valence-electron chi connectivity index (χ1n) is 7.05. The van der Waals surface area contributed by atoms with Gasteiger partial charge in [-0.2, -0.15) is 0 Å². The molecule has 100 valence electrons. The molecule has 0 aromatic rings. The van der Waals surface area contributed by atoms with Crippen LogP contribution in [0.1, 0.15) is 40.0 Å². The molecule has 2 N–H and O–H groups in total. The van der Waals surface area contributed by atoms with E-state index in [1.807, 2.05) is 0 Å². The van der Waals surface area contributed by atoms with Crippen LogP contribution in [0.25, 0.3) is 0 Å². The number of β-amino-alcohol motifs (C(OH)–C–C–N with tert-alkyl or cyclic N) is 1. The van der Waals surface area contributed by atoms with Crippen molar-refractivity contribution in [1.82, 2.24) is 10.2 Å². The average molecular weight is 240 g/mol. The second kappa shape index (κ2) is 4.87. The van der Waals surface area contributed by atoms with E-state index >= 15 is 0 Å². The van der Waals surface area contributed by atoms with E-state index in [2.05, 4.69) is 31.0 Å². The van der Waals surface area contributed by atoms with Crippen LogP contribution in [0.3, 0.4) is 0 Å². The highest BCUT2D eigenvalue weighted by atomic mass is 16.3. The molecular weight excluding hydrogens is 212 g/mol. The van der Waals surface area contributed by atoms with Gasteiger partial charge in [0.25, 0.3) is 0 Å². The molecule has 0 aliphatic carbocycles. The van der Waals surface area contributed by atoms with Gasteiger partial charge in [-0.25, -0.2) is 0 Å². The van der Waals surface area contributed by atoms with Crippen molar-refractivity contribution >= 4 is 0 Å². The lowest BCUT2D eigenvalue weighted by Gasteiger charge is -2.36. The van der Waals surface area contributed by atoms with Gasteiger partial charge >= 0.3 is 0 Å². The molecule has 2 heterocycles. The second-order valence-electron chi connectivity index (χ2n) is 7.06. The zero-order valence-electron chi connectivity index (χ0n) is 11.6. The van der Waals surface area contributed by atoms with Crippen molar-refractivity contribution < 1.29 is 5.11 Å². The first-order valence-corrected chi connectivity index (χ1v) is 7.05. The normalized spacial score (nSPS) is 30.7. The van der Waals surface area contributed by atoms with Crippen molar-refractivity contribution in [2.45, 2.75) is 45.6 Å². The summed E-state index contributed by atoms with van der Waals surface area (Å²) >= 11 is 0. The molecule has 0 spiro atoms. The molecule has 0 aromatic carbocycles. The third kappa shape index (κ3) is 3.43. The van der Waals surface area contributed by atoms with Crippen molar-refractivity contribution in [2.24, 2.45) is 11.3 Å². The Morgan fingerprint density at radius 1 is 1.29 bits per heavy atom. The summed E-state index contributed by atoms with van der Waals surface area (Å²) in [5.74, 6) is 0.785. The minimum Gasteiger partial charge on any atom is -0.388 e. The Morgan fingerprint density at radius 2 is 1.94 bits per heavy atom. The maximum absolute atomic E-state index is 10.5. The van der Waals surface area contributed by atoms with Gasteiger partial charge < -0.3 is 15.3 Å². The van der Waals surface area contributed by atoms with Gasteiger partial charge in [-0.15, -0.1) is 0 Å². The lowest BCUT2D eigenvalue weighted by atomic mass is 9.80. The molecule has 2 rings (SSSR count). The van der Waals surface area contributed by atoms with Crippen LogP contribution in [-0.2, 0) is 0 Å². The molecule has 2 aliphatic heterocycles. The van der Waals surface area contributed by atoms with Crippen molar-refractivity contribution in [1.29, 1.82) is 0 Å². The van der Waals surface area contributed by atoms with Gasteiger partial charge in [0.15, 0.2) is 0 Å². The Hall–Kier alpha value is -0.120. The highest BCUT2D eigenvalue weighted by Crippen LogP contribution is 2.34. The van der Waals surface area contributed by atoms with E-state index in [-0.39, 0.29) is 0 Å². The Labute approximate surface area is 106 Å². The van der Waals surface area contributed by atoms with Crippen molar-refractivity contribution in [3.05, 3.63) is 0 Å². The molecule has 2 aliphatic rings. The lowest BCUT2D eigenvalue weighted by Crippen LogP contribution is -2.49. The molecule has 2 saturated heterocycles. The van der Waals surface area contributed by atoms with Crippen LogP contribution < -0.4 is 5.32 Å². The number of hydrogen-bond acceptors (Lipinski definition) is 3. The number of aliphatic hydroxyl groups is 1. The summed E-state index contributed by atoms with van der Waals surface area (Å²) in [6.07, 6.45) is 3.10. The molecular formula is C14H28N2O. The summed E-state index contributed by atoms with van der Waals surface area (Å²) in [6, 6.07) is 0. The summed E-state index contributed by atoms with van der Waals surface area (Å²) in [7, 11) is 0. The zero-order chi connectivity index (χ0) is 12.5. The molecule has 0 amide bonds. The monoisotopic (exact) mass is 240 g/mol. The Balaban J connectivity index is 1.85. The van der Waals surface area contributed by atoms with Gasteiger partial charge in [-0.05, 0) is 50.2 Å². The standard InChI is InChI=1S/C14H28N2O/c1-13(2,3)12-4-9-16(10-12)11-14(17)5-7-15-8-6-14/h12,15,17H,4-11H2,1-3H3. The Morgan fingerprint density at radius 3 is 2.47 bits per heavy atom. The Kier molecular flexibility index (Phi) is 3.81. The minimum absolute atomic E-state index is 0.408. The van der Waals surface area contributed by atoms with Crippen LogP contribution >= 0.6 is 0 Å². The summed E-state index contributed by atoms with van der Waals surface area (Å²) in [6.45, 7) is 12.1. The van der Waals surface area contributed by atoms with E-state index in [4.69, 9.17) is 0 Å². The van der Waals surface area contributed by atoms with Crippen molar-refractivity contribution in [2.75, 3.05) is 32.7 Å². The van der Waals surface area contributed by atoms with Crippen LogP contribution in [-0.4, -0.2) is 48.3 Å². The van der Waals surface area contributed by atoms with Gasteiger partial charge in [0.2, 0.25) is 0 Å². The minimum atomic E-state index is -0.433. The maximum atomic E-state index is 10.5. The van der Waals surface area contributed by atoms with Crippen LogP contribution in [0.5, 0.6) is 0 Å². The maximum Gasteiger partial charge on any atom is 0.0798 e. The third-order valence-electron chi connectivity index (χ3n) is 4.55. The van der Waals surface area contributed by atoms with Gasteiger partial charge in [-0.1, -0.05) is 20.8 Å². The molecule has 0 aromatic heterocycles. The molecule has 2 fully saturated rings. The zero-order valence-corrected chi connectivity index (χ0v) is 11.6. The molecule has 17 heavy (non-hydrogen) atoms. The van der Waals surface area contributed by atoms with Crippen LogP contribution in [0.15, 0.2) is 0 Å². The molecule has 3 nitrogen and oxygen atoms in total. The SMILES string of the molecule is CC(C)(C)C1CCN(CC2(O)CCNCC2)C1. The van der Waals surface area contributed by atoms with E-state index in [1.165, 1.54) is 13.0 Å².